The van der Waals surface area contributed by atoms with Gasteiger partial charge in [-0.25, -0.2) is 4.39 Å². The molecule has 19 heavy (non-hydrogen) atoms. The number of benzene rings is 2. The molecule has 2 aromatic rings. The van der Waals surface area contributed by atoms with E-state index >= 15 is 0 Å². The Kier molecular flexibility index (Phi) is 3.92. The summed E-state index contributed by atoms with van der Waals surface area (Å²) in [6.45, 7) is 1.73. The zero-order valence-electron chi connectivity index (χ0n) is 10.6. The average molecular weight is 258 g/mol. The molecule has 1 atom stereocenters. The third-order valence-electron chi connectivity index (χ3n) is 2.91. The molecule has 4 heteroatoms. The molecule has 0 aliphatic carbocycles. The molecule has 0 spiro atoms. The van der Waals surface area contributed by atoms with Crippen molar-refractivity contribution in [1.29, 1.82) is 0 Å². The summed E-state index contributed by atoms with van der Waals surface area (Å²) in [6, 6.07) is 12.8. The molecular weight excluding hydrogens is 243 g/mol. The van der Waals surface area contributed by atoms with E-state index in [4.69, 9.17) is 5.73 Å². The van der Waals surface area contributed by atoms with Crippen molar-refractivity contribution in [2.45, 2.75) is 13.0 Å². The zero-order chi connectivity index (χ0) is 13.8. The van der Waals surface area contributed by atoms with E-state index in [1.807, 2.05) is 6.07 Å². The van der Waals surface area contributed by atoms with E-state index in [1.165, 1.54) is 6.07 Å². The van der Waals surface area contributed by atoms with Gasteiger partial charge >= 0.3 is 0 Å². The minimum absolute atomic E-state index is 0.180. The zero-order valence-corrected chi connectivity index (χ0v) is 10.6. The lowest BCUT2D eigenvalue weighted by atomic mass is 10.1. The molecule has 0 radical (unpaired) electrons. The number of carbonyl (C=O) groups is 1. The Morgan fingerprint density at radius 1 is 1.16 bits per heavy atom. The van der Waals surface area contributed by atoms with Crippen molar-refractivity contribution in [3.05, 3.63) is 65.5 Å². The van der Waals surface area contributed by atoms with Crippen LogP contribution in [0.4, 0.5) is 10.1 Å². The van der Waals surface area contributed by atoms with Crippen LogP contribution in [0.3, 0.4) is 0 Å². The lowest BCUT2D eigenvalue weighted by Crippen LogP contribution is -2.28. The SMILES string of the molecule is Cc1cccc(F)c1NC(=O)[C@H](N)c1ccccc1. The van der Waals surface area contributed by atoms with E-state index in [1.54, 1.807) is 43.3 Å². The van der Waals surface area contributed by atoms with Gasteiger partial charge in [0.25, 0.3) is 0 Å². The van der Waals surface area contributed by atoms with E-state index in [0.717, 1.165) is 0 Å². The van der Waals surface area contributed by atoms with Crippen LogP contribution < -0.4 is 11.1 Å². The van der Waals surface area contributed by atoms with E-state index in [-0.39, 0.29) is 5.69 Å². The van der Waals surface area contributed by atoms with Crippen LogP contribution in [0.15, 0.2) is 48.5 Å². The Balaban J connectivity index is 2.18. The van der Waals surface area contributed by atoms with Crippen molar-refractivity contribution < 1.29 is 9.18 Å². The largest absolute Gasteiger partial charge is 0.322 e. The highest BCUT2D eigenvalue weighted by molar-refractivity contribution is 5.96. The van der Waals surface area contributed by atoms with Gasteiger partial charge < -0.3 is 11.1 Å². The Morgan fingerprint density at radius 2 is 1.84 bits per heavy atom. The predicted octanol–water partition coefficient (Wildman–Crippen LogP) is 2.77. The number of rotatable bonds is 3. The highest BCUT2D eigenvalue weighted by Gasteiger charge is 2.17. The smallest absolute Gasteiger partial charge is 0.245 e. The van der Waals surface area contributed by atoms with Gasteiger partial charge in [-0.05, 0) is 24.1 Å². The second kappa shape index (κ2) is 5.63. The maximum atomic E-state index is 13.6. The van der Waals surface area contributed by atoms with Crippen LogP contribution in [-0.2, 0) is 4.79 Å². The topological polar surface area (TPSA) is 55.1 Å². The van der Waals surface area contributed by atoms with Gasteiger partial charge in [-0.1, -0.05) is 42.5 Å². The molecule has 0 bridgehead atoms. The molecule has 0 aromatic heterocycles. The van der Waals surface area contributed by atoms with Gasteiger partial charge in [0.1, 0.15) is 11.9 Å². The molecule has 2 aromatic carbocycles. The van der Waals surface area contributed by atoms with E-state index in [0.29, 0.717) is 11.1 Å². The predicted molar refractivity (Wildman–Crippen MR) is 73.1 cm³/mol. The summed E-state index contributed by atoms with van der Waals surface area (Å²) < 4.78 is 13.6. The third-order valence-corrected chi connectivity index (χ3v) is 2.91. The molecule has 98 valence electrons. The number of anilines is 1. The minimum Gasteiger partial charge on any atom is -0.322 e. The van der Waals surface area contributed by atoms with Gasteiger partial charge in [0.05, 0.1) is 5.69 Å². The highest BCUT2D eigenvalue weighted by atomic mass is 19.1. The Hall–Kier alpha value is -2.20. The van der Waals surface area contributed by atoms with Crippen molar-refractivity contribution >= 4 is 11.6 Å². The third kappa shape index (κ3) is 2.98. The number of nitrogens with two attached hydrogens (primary N) is 1. The van der Waals surface area contributed by atoms with Gasteiger partial charge in [0.2, 0.25) is 5.91 Å². The van der Waals surface area contributed by atoms with E-state index < -0.39 is 17.8 Å². The fraction of sp³-hybridized carbons (Fsp3) is 0.133. The van der Waals surface area contributed by atoms with Crippen molar-refractivity contribution in [2.75, 3.05) is 5.32 Å². The van der Waals surface area contributed by atoms with Crippen molar-refractivity contribution in [3.63, 3.8) is 0 Å². The molecule has 0 saturated carbocycles. The number of para-hydroxylation sites is 1. The number of nitrogens with one attached hydrogen (secondary N) is 1. The molecule has 1 amide bonds. The normalized spacial score (nSPS) is 11.9. The maximum absolute atomic E-state index is 13.6. The molecule has 0 aliphatic rings. The highest BCUT2D eigenvalue weighted by Crippen LogP contribution is 2.20. The summed E-state index contributed by atoms with van der Waals surface area (Å²) in [7, 11) is 0. The van der Waals surface area contributed by atoms with Gasteiger partial charge in [-0.15, -0.1) is 0 Å². The summed E-state index contributed by atoms with van der Waals surface area (Å²) in [5.41, 5.74) is 7.38. The number of hydrogen-bond donors (Lipinski definition) is 2. The van der Waals surface area contributed by atoms with Gasteiger partial charge in [0, 0.05) is 0 Å². The fourth-order valence-electron chi connectivity index (χ4n) is 1.80. The molecule has 0 unspecified atom stereocenters. The molecule has 0 saturated heterocycles. The molecule has 0 heterocycles. The average Bonchev–Trinajstić information content (AvgIpc) is 2.43. The van der Waals surface area contributed by atoms with Crippen LogP contribution >= 0.6 is 0 Å². The first-order valence-corrected chi connectivity index (χ1v) is 5.96. The summed E-state index contributed by atoms with van der Waals surface area (Å²) in [5.74, 6) is -0.895. The maximum Gasteiger partial charge on any atom is 0.245 e. The Bertz CT molecular complexity index is 564. The lowest BCUT2D eigenvalue weighted by molar-refractivity contribution is -0.117. The number of hydrogen-bond acceptors (Lipinski definition) is 2. The summed E-state index contributed by atoms with van der Waals surface area (Å²) in [5, 5.41) is 2.54. The van der Waals surface area contributed by atoms with Crippen LogP contribution in [0.1, 0.15) is 17.2 Å². The fourth-order valence-corrected chi connectivity index (χ4v) is 1.80. The Morgan fingerprint density at radius 3 is 2.47 bits per heavy atom. The first-order valence-electron chi connectivity index (χ1n) is 5.96. The van der Waals surface area contributed by atoms with Gasteiger partial charge in [-0.2, -0.15) is 0 Å². The standard InChI is InChI=1S/C15H15FN2O/c1-10-6-5-9-12(16)14(10)18-15(19)13(17)11-7-3-2-4-8-11/h2-9,13H,17H2,1H3,(H,18,19)/t13-/m1/s1. The number of aryl methyl sites for hydroxylation is 1. The van der Waals surface area contributed by atoms with Crippen LogP contribution in [0, 0.1) is 12.7 Å². The van der Waals surface area contributed by atoms with Crippen LogP contribution in [0.2, 0.25) is 0 Å². The van der Waals surface area contributed by atoms with E-state index in [2.05, 4.69) is 5.32 Å². The van der Waals surface area contributed by atoms with Crippen LogP contribution in [0.25, 0.3) is 0 Å². The van der Waals surface area contributed by atoms with Crippen molar-refractivity contribution in [2.24, 2.45) is 5.73 Å². The summed E-state index contributed by atoms with van der Waals surface area (Å²) in [4.78, 5) is 12.0. The van der Waals surface area contributed by atoms with Crippen LogP contribution in [0.5, 0.6) is 0 Å². The Labute approximate surface area is 111 Å². The first-order chi connectivity index (χ1) is 9.09. The second-order valence-corrected chi connectivity index (χ2v) is 4.31. The van der Waals surface area contributed by atoms with Gasteiger partial charge in [-0.3, -0.25) is 4.79 Å². The van der Waals surface area contributed by atoms with Crippen molar-refractivity contribution in [1.82, 2.24) is 0 Å². The van der Waals surface area contributed by atoms with Gasteiger partial charge in [0.15, 0.2) is 0 Å². The monoisotopic (exact) mass is 258 g/mol. The summed E-state index contributed by atoms with van der Waals surface area (Å²) >= 11 is 0. The van der Waals surface area contributed by atoms with Crippen molar-refractivity contribution in [3.8, 4) is 0 Å². The number of amides is 1. The molecule has 3 N–H and O–H groups in total. The number of halogens is 1. The molecule has 0 fully saturated rings. The molecule has 2 rings (SSSR count). The first kappa shape index (κ1) is 13.2. The summed E-state index contributed by atoms with van der Waals surface area (Å²) in [6.07, 6.45) is 0. The van der Waals surface area contributed by atoms with E-state index in [9.17, 15) is 9.18 Å². The second-order valence-electron chi connectivity index (χ2n) is 4.31. The molecular formula is C15H15FN2O. The molecule has 3 nitrogen and oxygen atoms in total. The quantitative estimate of drug-likeness (QED) is 0.889. The number of carbonyl (C=O) groups excluding carboxylic acids is 1. The van der Waals surface area contributed by atoms with Crippen LogP contribution in [-0.4, -0.2) is 5.91 Å². The lowest BCUT2D eigenvalue weighted by Gasteiger charge is -2.14. The minimum atomic E-state index is -0.819. The molecule has 0 aliphatic heterocycles.